The van der Waals surface area contributed by atoms with E-state index >= 15 is 0 Å². The summed E-state index contributed by atoms with van der Waals surface area (Å²) in [5.74, 6) is -1.39. The van der Waals surface area contributed by atoms with Crippen LogP contribution in [0, 0.1) is 6.92 Å². The summed E-state index contributed by atoms with van der Waals surface area (Å²) < 4.78 is 5.51. The van der Waals surface area contributed by atoms with Crippen molar-refractivity contribution in [2.24, 2.45) is 0 Å². The van der Waals surface area contributed by atoms with Gasteiger partial charge in [0.2, 0.25) is 0 Å². The molecule has 1 aromatic heterocycles. The molecule has 0 spiro atoms. The SMILES string of the molecule is Cc1nc(C(=O)NCC2(c3cccc(Cl)c3)CCOCC2)ccc1C(=O)O. The van der Waals surface area contributed by atoms with Gasteiger partial charge in [0.05, 0.1) is 11.3 Å². The Morgan fingerprint density at radius 1 is 1.26 bits per heavy atom. The molecule has 27 heavy (non-hydrogen) atoms. The third-order valence-electron chi connectivity index (χ3n) is 5.02. The second-order valence-corrected chi connectivity index (χ2v) is 7.16. The molecule has 1 saturated heterocycles. The number of benzene rings is 1. The Morgan fingerprint density at radius 3 is 2.63 bits per heavy atom. The first-order valence-electron chi connectivity index (χ1n) is 8.74. The van der Waals surface area contributed by atoms with E-state index in [0.717, 1.165) is 18.4 Å². The summed E-state index contributed by atoms with van der Waals surface area (Å²) in [4.78, 5) is 27.8. The summed E-state index contributed by atoms with van der Waals surface area (Å²) in [7, 11) is 0. The van der Waals surface area contributed by atoms with E-state index in [0.29, 0.717) is 30.5 Å². The highest BCUT2D eigenvalue weighted by atomic mass is 35.5. The van der Waals surface area contributed by atoms with E-state index < -0.39 is 5.97 Å². The zero-order valence-electron chi connectivity index (χ0n) is 15.0. The molecule has 0 bridgehead atoms. The molecule has 2 aromatic rings. The number of carbonyl (C=O) groups excluding carboxylic acids is 1. The zero-order chi connectivity index (χ0) is 19.4. The van der Waals surface area contributed by atoms with Crippen molar-refractivity contribution in [3.05, 3.63) is 63.9 Å². The van der Waals surface area contributed by atoms with Crippen LogP contribution in [0.3, 0.4) is 0 Å². The Morgan fingerprint density at radius 2 is 2.00 bits per heavy atom. The lowest BCUT2D eigenvalue weighted by molar-refractivity contribution is 0.0486. The average Bonchev–Trinajstić information content (AvgIpc) is 2.66. The number of aryl methyl sites for hydroxylation is 1. The number of ether oxygens (including phenoxy) is 1. The number of rotatable bonds is 5. The molecule has 2 N–H and O–H groups in total. The number of hydrogen-bond donors (Lipinski definition) is 2. The maximum Gasteiger partial charge on any atom is 0.337 e. The third-order valence-corrected chi connectivity index (χ3v) is 5.26. The number of carbonyl (C=O) groups is 2. The van der Waals surface area contributed by atoms with Crippen LogP contribution in [0.5, 0.6) is 0 Å². The minimum atomic E-state index is -1.06. The van der Waals surface area contributed by atoms with Crippen LogP contribution < -0.4 is 5.32 Å². The Hall–Kier alpha value is -2.44. The van der Waals surface area contributed by atoms with Gasteiger partial charge < -0.3 is 15.2 Å². The first-order chi connectivity index (χ1) is 12.9. The molecule has 1 aromatic carbocycles. The number of pyridine rings is 1. The van der Waals surface area contributed by atoms with Gasteiger partial charge in [-0.3, -0.25) is 4.79 Å². The first-order valence-corrected chi connectivity index (χ1v) is 9.12. The molecular formula is C20H21ClN2O4. The Kier molecular flexibility index (Phi) is 5.77. The number of aromatic nitrogens is 1. The molecule has 0 unspecified atom stereocenters. The van der Waals surface area contributed by atoms with E-state index in [9.17, 15) is 9.59 Å². The van der Waals surface area contributed by atoms with Crippen LogP contribution in [0.25, 0.3) is 0 Å². The third kappa shape index (κ3) is 4.28. The summed E-state index contributed by atoms with van der Waals surface area (Å²) in [6.07, 6.45) is 1.55. The highest BCUT2D eigenvalue weighted by Gasteiger charge is 2.35. The molecule has 6 nitrogen and oxygen atoms in total. The minimum Gasteiger partial charge on any atom is -0.478 e. The quantitative estimate of drug-likeness (QED) is 0.821. The summed E-state index contributed by atoms with van der Waals surface area (Å²) in [6.45, 7) is 3.24. The highest BCUT2D eigenvalue weighted by Crippen LogP contribution is 2.35. The molecule has 3 rings (SSSR count). The van der Waals surface area contributed by atoms with E-state index in [1.54, 1.807) is 6.92 Å². The molecule has 1 aliphatic rings. The number of nitrogens with one attached hydrogen (secondary N) is 1. The molecule has 0 radical (unpaired) electrons. The zero-order valence-corrected chi connectivity index (χ0v) is 15.8. The number of carboxylic acids is 1. The second-order valence-electron chi connectivity index (χ2n) is 6.72. The number of nitrogens with zero attached hydrogens (tertiary/aromatic N) is 1. The number of carboxylic acid groups (broad SMARTS) is 1. The van der Waals surface area contributed by atoms with Gasteiger partial charge in [0.1, 0.15) is 5.69 Å². The molecule has 1 amide bonds. The van der Waals surface area contributed by atoms with Crippen LogP contribution in [0.15, 0.2) is 36.4 Å². The topological polar surface area (TPSA) is 88.5 Å². The predicted octanol–water partition coefficient (Wildman–Crippen LogP) is 3.22. The van der Waals surface area contributed by atoms with Gasteiger partial charge in [0.25, 0.3) is 5.91 Å². The van der Waals surface area contributed by atoms with Crippen LogP contribution in [-0.2, 0) is 10.2 Å². The molecule has 0 saturated carbocycles. The monoisotopic (exact) mass is 388 g/mol. The van der Waals surface area contributed by atoms with Gasteiger partial charge in [-0.2, -0.15) is 0 Å². The Labute approximate surface area is 162 Å². The largest absolute Gasteiger partial charge is 0.478 e. The summed E-state index contributed by atoms with van der Waals surface area (Å²) in [6, 6.07) is 10.5. The molecule has 0 aliphatic carbocycles. The van der Waals surface area contributed by atoms with Crippen molar-refractivity contribution in [1.29, 1.82) is 0 Å². The molecule has 7 heteroatoms. The normalized spacial score (nSPS) is 15.9. The lowest BCUT2D eigenvalue weighted by Crippen LogP contribution is -2.44. The van der Waals surface area contributed by atoms with Crippen molar-refractivity contribution in [3.63, 3.8) is 0 Å². The number of aromatic carboxylic acids is 1. The van der Waals surface area contributed by atoms with Crippen molar-refractivity contribution >= 4 is 23.5 Å². The van der Waals surface area contributed by atoms with Gasteiger partial charge >= 0.3 is 5.97 Å². The van der Waals surface area contributed by atoms with Crippen molar-refractivity contribution in [3.8, 4) is 0 Å². The highest BCUT2D eigenvalue weighted by molar-refractivity contribution is 6.30. The molecule has 0 atom stereocenters. The van der Waals surface area contributed by atoms with Crippen molar-refractivity contribution < 1.29 is 19.4 Å². The number of amides is 1. The fourth-order valence-corrected chi connectivity index (χ4v) is 3.59. The molecule has 1 fully saturated rings. The van der Waals surface area contributed by atoms with Crippen molar-refractivity contribution in [2.75, 3.05) is 19.8 Å². The summed E-state index contributed by atoms with van der Waals surface area (Å²) in [5.41, 5.74) is 1.42. The second kappa shape index (κ2) is 8.06. The van der Waals surface area contributed by atoms with E-state index in [2.05, 4.69) is 10.3 Å². The molecule has 2 heterocycles. The number of hydrogen-bond acceptors (Lipinski definition) is 4. The van der Waals surface area contributed by atoms with Crippen molar-refractivity contribution in [1.82, 2.24) is 10.3 Å². The van der Waals surface area contributed by atoms with Gasteiger partial charge in [0.15, 0.2) is 0 Å². The standard InChI is InChI=1S/C20H21ClN2O4/c1-13-16(19(25)26)5-6-17(23-13)18(24)22-12-20(7-9-27-10-8-20)14-3-2-4-15(21)11-14/h2-6,11H,7-10,12H2,1H3,(H,22,24)(H,25,26). The van der Waals surface area contributed by atoms with Gasteiger partial charge in [-0.15, -0.1) is 0 Å². The van der Waals surface area contributed by atoms with Crippen molar-refractivity contribution in [2.45, 2.75) is 25.2 Å². The van der Waals surface area contributed by atoms with E-state index in [-0.39, 0.29) is 22.6 Å². The van der Waals surface area contributed by atoms with Crippen LogP contribution in [0.4, 0.5) is 0 Å². The van der Waals surface area contributed by atoms with Crippen LogP contribution in [-0.4, -0.2) is 41.7 Å². The van der Waals surface area contributed by atoms with E-state index in [1.807, 2.05) is 24.3 Å². The number of halogens is 1. The summed E-state index contributed by atoms with van der Waals surface area (Å²) in [5, 5.41) is 12.7. The van der Waals surface area contributed by atoms with E-state index in [4.69, 9.17) is 21.4 Å². The molecule has 142 valence electrons. The maximum absolute atomic E-state index is 12.6. The first kappa shape index (κ1) is 19.3. The smallest absolute Gasteiger partial charge is 0.337 e. The Balaban J connectivity index is 1.78. The van der Waals surface area contributed by atoms with Gasteiger partial charge in [0, 0.05) is 30.2 Å². The minimum absolute atomic E-state index is 0.0892. The molecular weight excluding hydrogens is 368 g/mol. The fourth-order valence-electron chi connectivity index (χ4n) is 3.40. The van der Waals surface area contributed by atoms with Crippen LogP contribution in [0.1, 0.15) is 44.9 Å². The van der Waals surface area contributed by atoms with Gasteiger partial charge in [-0.25, -0.2) is 9.78 Å². The van der Waals surface area contributed by atoms with Crippen LogP contribution >= 0.6 is 11.6 Å². The van der Waals surface area contributed by atoms with E-state index in [1.165, 1.54) is 12.1 Å². The average molecular weight is 389 g/mol. The maximum atomic E-state index is 12.6. The lowest BCUT2D eigenvalue weighted by atomic mass is 9.74. The predicted molar refractivity (Wildman–Crippen MR) is 101 cm³/mol. The fraction of sp³-hybridized carbons (Fsp3) is 0.350. The molecule has 1 aliphatic heterocycles. The lowest BCUT2D eigenvalue weighted by Gasteiger charge is -2.38. The summed E-state index contributed by atoms with van der Waals surface area (Å²) >= 11 is 6.17. The van der Waals surface area contributed by atoms with Crippen LogP contribution in [0.2, 0.25) is 5.02 Å². The van der Waals surface area contributed by atoms with Gasteiger partial charge in [-0.05, 0) is 49.6 Å². The van der Waals surface area contributed by atoms with Gasteiger partial charge in [-0.1, -0.05) is 23.7 Å². The Bertz CT molecular complexity index is 863.